The van der Waals surface area contributed by atoms with Crippen LogP contribution in [0, 0.1) is 13.8 Å². The summed E-state index contributed by atoms with van der Waals surface area (Å²) in [5.41, 5.74) is 1.57. The van der Waals surface area contributed by atoms with Gasteiger partial charge < -0.3 is 10.1 Å². The fourth-order valence-electron chi connectivity index (χ4n) is 2.49. The molecule has 1 fully saturated rings. The van der Waals surface area contributed by atoms with Gasteiger partial charge in [0.05, 0.1) is 11.0 Å². The molecule has 1 saturated heterocycles. The number of hydrogen-bond donors (Lipinski definition) is 2. The second kappa shape index (κ2) is 6.13. The third-order valence-corrected chi connectivity index (χ3v) is 4.64. The Balaban J connectivity index is 2.20. The Morgan fingerprint density at radius 3 is 2.67 bits per heavy atom. The summed E-state index contributed by atoms with van der Waals surface area (Å²) in [7, 11) is -3.84. The van der Waals surface area contributed by atoms with Crippen molar-refractivity contribution in [3.05, 3.63) is 28.8 Å². The lowest BCUT2D eigenvalue weighted by Gasteiger charge is -2.13. The molecule has 1 heterocycles. The number of benzene rings is 1. The van der Waals surface area contributed by atoms with Gasteiger partial charge in [0.25, 0.3) is 5.91 Å². The second-order valence-electron chi connectivity index (χ2n) is 5.32. The Hall–Kier alpha value is -1.44. The molecule has 1 aromatic carbocycles. The molecule has 1 amide bonds. The normalized spacial score (nSPS) is 18.7. The number of sulfonamides is 1. The minimum absolute atomic E-state index is 0.0182. The molecule has 116 valence electrons. The summed E-state index contributed by atoms with van der Waals surface area (Å²) in [5.74, 6) is -0.312. The van der Waals surface area contributed by atoms with Gasteiger partial charge in [-0.15, -0.1) is 0 Å². The van der Waals surface area contributed by atoms with Gasteiger partial charge in [-0.1, -0.05) is 6.07 Å². The number of ether oxygens (including phenoxy) is 1. The largest absolute Gasteiger partial charge is 0.376 e. The molecule has 0 aromatic heterocycles. The van der Waals surface area contributed by atoms with Gasteiger partial charge in [0.2, 0.25) is 10.0 Å². The number of hydrogen-bond acceptors (Lipinski definition) is 4. The molecule has 1 aliphatic rings. The third-order valence-electron chi connectivity index (χ3n) is 3.59. The predicted octanol–water partition coefficient (Wildman–Crippen LogP) is 0.860. The molecule has 1 aromatic rings. The van der Waals surface area contributed by atoms with Gasteiger partial charge in [0.1, 0.15) is 0 Å². The van der Waals surface area contributed by atoms with Crippen molar-refractivity contribution in [2.24, 2.45) is 5.14 Å². The Bertz CT molecular complexity index is 649. The summed E-state index contributed by atoms with van der Waals surface area (Å²) in [4.78, 5) is 12.2. The molecule has 1 aliphatic heterocycles. The highest BCUT2D eigenvalue weighted by molar-refractivity contribution is 7.89. The fraction of sp³-hybridized carbons (Fsp3) is 0.500. The molecule has 21 heavy (non-hydrogen) atoms. The van der Waals surface area contributed by atoms with Crippen LogP contribution in [0.25, 0.3) is 0 Å². The van der Waals surface area contributed by atoms with E-state index in [9.17, 15) is 13.2 Å². The van der Waals surface area contributed by atoms with Crippen molar-refractivity contribution in [3.8, 4) is 0 Å². The van der Waals surface area contributed by atoms with E-state index in [4.69, 9.17) is 9.88 Å². The maximum absolute atomic E-state index is 12.2. The van der Waals surface area contributed by atoms with Crippen LogP contribution in [0.15, 0.2) is 17.0 Å². The minimum atomic E-state index is -3.84. The zero-order chi connectivity index (χ0) is 15.6. The van der Waals surface area contributed by atoms with Crippen LogP contribution in [-0.2, 0) is 14.8 Å². The maximum Gasteiger partial charge on any atom is 0.251 e. The molecule has 6 nitrogen and oxygen atoms in total. The number of primary sulfonamides is 1. The zero-order valence-corrected chi connectivity index (χ0v) is 13.0. The molecular weight excluding hydrogens is 292 g/mol. The summed E-state index contributed by atoms with van der Waals surface area (Å²) in [5, 5.41) is 7.95. The van der Waals surface area contributed by atoms with Crippen LogP contribution in [0.1, 0.15) is 34.3 Å². The molecule has 7 heteroatoms. The van der Waals surface area contributed by atoms with E-state index in [-0.39, 0.29) is 16.9 Å². The Morgan fingerprint density at radius 1 is 1.38 bits per heavy atom. The van der Waals surface area contributed by atoms with E-state index in [1.165, 1.54) is 6.07 Å². The van der Waals surface area contributed by atoms with Crippen molar-refractivity contribution in [2.75, 3.05) is 13.2 Å². The quantitative estimate of drug-likeness (QED) is 0.861. The fourth-order valence-corrected chi connectivity index (χ4v) is 3.28. The third kappa shape index (κ3) is 3.81. The molecule has 1 unspecified atom stereocenters. The summed E-state index contributed by atoms with van der Waals surface area (Å²) in [6.45, 7) is 4.57. The molecule has 0 spiro atoms. The Kier molecular flexibility index (Phi) is 4.65. The first-order valence-electron chi connectivity index (χ1n) is 6.83. The van der Waals surface area contributed by atoms with Crippen molar-refractivity contribution in [2.45, 2.75) is 37.7 Å². The maximum atomic E-state index is 12.2. The lowest BCUT2D eigenvalue weighted by molar-refractivity contribution is 0.0857. The SMILES string of the molecule is Cc1cc(C)c(S(N)(=O)=O)cc1C(=O)NCC1CCCO1. The topological polar surface area (TPSA) is 98.5 Å². The molecular formula is C14H20N2O4S. The monoisotopic (exact) mass is 312 g/mol. The van der Waals surface area contributed by atoms with E-state index in [0.29, 0.717) is 23.2 Å². The van der Waals surface area contributed by atoms with Crippen molar-refractivity contribution < 1.29 is 17.9 Å². The Labute approximate surface area is 124 Å². The Morgan fingerprint density at radius 2 is 2.10 bits per heavy atom. The van der Waals surface area contributed by atoms with Gasteiger partial charge in [-0.2, -0.15) is 0 Å². The second-order valence-corrected chi connectivity index (χ2v) is 6.85. The van der Waals surface area contributed by atoms with Gasteiger partial charge in [0, 0.05) is 18.7 Å². The van der Waals surface area contributed by atoms with Crippen molar-refractivity contribution in [3.63, 3.8) is 0 Å². The molecule has 2 rings (SSSR count). The highest BCUT2D eigenvalue weighted by Crippen LogP contribution is 2.20. The highest BCUT2D eigenvalue weighted by Gasteiger charge is 2.20. The number of aryl methyl sites for hydroxylation is 2. The van der Waals surface area contributed by atoms with Crippen molar-refractivity contribution in [1.29, 1.82) is 0 Å². The first kappa shape index (κ1) is 15.9. The molecule has 1 atom stereocenters. The number of nitrogens with two attached hydrogens (primary N) is 1. The van der Waals surface area contributed by atoms with E-state index in [0.717, 1.165) is 19.4 Å². The number of amides is 1. The van der Waals surface area contributed by atoms with Crippen LogP contribution in [-0.4, -0.2) is 33.6 Å². The molecule has 0 aliphatic carbocycles. The highest BCUT2D eigenvalue weighted by atomic mass is 32.2. The van der Waals surface area contributed by atoms with Gasteiger partial charge in [-0.3, -0.25) is 4.79 Å². The van der Waals surface area contributed by atoms with Gasteiger partial charge in [-0.25, -0.2) is 13.6 Å². The number of rotatable bonds is 4. The standard InChI is InChI=1S/C14H20N2O4S/c1-9-6-10(2)13(21(15,18)19)7-12(9)14(17)16-8-11-4-3-5-20-11/h6-7,11H,3-5,8H2,1-2H3,(H,16,17)(H2,15,18,19). The molecule has 0 bridgehead atoms. The summed E-state index contributed by atoms with van der Waals surface area (Å²) in [6.07, 6.45) is 1.97. The molecule has 0 radical (unpaired) electrons. The number of carbonyl (C=O) groups excluding carboxylic acids is 1. The molecule has 0 saturated carbocycles. The average Bonchev–Trinajstić information content (AvgIpc) is 2.87. The van der Waals surface area contributed by atoms with Gasteiger partial charge >= 0.3 is 0 Å². The number of carbonyl (C=O) groups is 1. The minimum Gasteiger partial charge on any atom is -0.376 e. The predicted molar refractivity (Wildman–Crippen MR) is 78.6 cm³/mol. The number of nitrogens with one attached hydrogen (secondary N) is 1. The summed E-state index contributed by atoms with van der Waals surface area (Å²) in [6, 6.07) is 2.99. The zero-order valence-electron chi connectivity index (χ0n) is 12.2. The van der Waals surface area contributed by atoms with Crippen LogP contribution >= 0.6 is 0 Å². The first-order valence-corrected chi connectivity index (χ1v) is 8.37. The van der Waals surface area contributed by atoms with Crippen LogP contribution in [0.5, 0.6) is 0 Å². The van der Waals surface area contributed by atoms with Gasteiger partial charge in [-0.05, 0) is 43.9 Å². The smallest absolute Gasteiger partial charge is 0.251 e. The van der Waals surface area contributed by atoms with E-state index < -0.39 is 10.0 Å². The van der Waals surface area contributed by atoms with Crippen molar-refractivity contribution in [1.82, 2.24) is 5.32 Å². The van der Waals surface area contributed by atoms with Crippen molar-refractivity contribution >= 4 is 15.9 Å². The lowest BCUT2D eigenvalue weighted by atomic mass is 10.0. The average molecular weight is 312 g/mol. The van der Waals surface area contributed by atoms with E-state index in [1.54, 1.807) is 19.9 Å². The first-order chi connectivity index (χ1) is 9.79. The van der Waals surface area contributed by atoms with Crippen LogP contribution in [0.4, 0.5) is 0 Å². The van der Waals surface area contributed by atoms with Gasteiger partial charge in [0.15, 0.2) is 0 Å². The van der Waals surface area contributed by atoms with E-state index in [2.05, 4.69) is 5.32 Å². The lowest BCUT2D eigenvalue weighted by Crippen LogP contribution is -2.32. The van der Waals surface area contributed by atoms with Crippen LogP contribution in [0.2, 0.25) is 0 Å². The summed E-state index contributed by atoms with van der Waals surface area (Å²) >= 11 is 0. The van der Waals surface area contributed by atoms with E-state index >= 15 is 0 Å². The molecule has 3 N–H and O–H groups in total. The van der Waals surface area contributed by atoms with Crippen LogP contribution < -0.4 is 10.5 Å². The summed E-state index contributed by atoms with van der Waals surface area (Å²) < 4.78 is 28.5. The van der Waals surface area contributed by atoms with Crippen LogP contribution in [0.3, 0.4) is 0 Å². The van der Waals surface area contributed by atoms with E-state index in [1.807, 2.05) is 0 Å².